The summed E-state index contributed by atoms with van der Waals surface area (Å²) in [5.74, 6) is 0.217. The summed E-state index contributed by atoms with van der Waals surface area (Å²) >= 11 is 0. The van der Waals surface area contributed by atoms with Gasteiger partial charge in [0.25, 0.3) is 0 Å². The molecule has 3 rings (SSSR count). The number of nitrogens with one attached hydrogen (secondary N) is 1. The molecule has 0 spiro atoms. The molecule has 1 saturated heterocycles. The van der Waals surface area contributed by atoms with Crippen molar-refractivity contribution in [2.75, 3.05) is 13.1 Å². The van der Waals surface area contributed by atoms with Gasteiger partial charge in [-0.3, -0.25) is 9.59 Å². The lowest BCUT2D eigenvalue weighted by Gasteiger charge is -2.55. The highest BCUT2D eigenvalue weighted by Gasteiger charge is 2.67. The monoisotopic (exact) mass is 372 g/mol. The second-order valence-electron chi connectivity index (χ2n) is 8.24. The zero-order valence-electron chi connectivity index (χ0n) is 17.0. The number of nitrogens with zero attached hydrogens (tertiary/aromatic N) is 1. The predicted molar refractivity (Wildman–Crippen MR) is 105 cm³/mol. The Bertz CT molecular complexity index is 701. The molecule has 27 heavy (non-hydrogen) atoms. The number of hydrogen-bond donors (Lipinski definition) is 1. The van der Waals surface area contributed by atoms with Crippen LogP contribution in [0.15, 0.2) is 24.3 Å². The molecule has 2 aliphatic rings. The lowest BCUT2D eigenvalue weighted by molar-refractivity contribution is -0.160. The molecule has 0 unspecified atom stereocenters. The minimum atomic E-state index is -0.454. The van der Waals surface area contributed by atoms with Crippen molar-refractivity contribution in [2.45, 2.75) is 71.1 Å². The van der Waals surface area contributed by atoms with Gasteiger partial charge in [0.15, 0.2) is 0 Å². The summed E-state index contributed by atoms with van der Waals surface area (Å²) in [6.45, 7) is 9.36. The van der Waals surface area contributed by atoms with Crippen LogP contribution in [0.1, 0.15) is 57.6 Å². The van der Waals surface area contributed by atoms with E-state index in [1.165, 1.54) is 5.56 Å². The highest BCUT2D eigenvalue weighted by molar-refractivity contribution is 5.81. The smallest absolute Gasteiger partial charge is 0.225 e. The second-order valence-corrected chi connectivity index (χ2v) is 8.24. The zero-order chi connectivity index (χ0) is 19.7. The first kappa shape index (κ1) is 19.9. The first-order chi connectivity index (χ1) is 12.8. The van der Waals surface area contributed by atoms with Crippen LogP contribution in [0, 0.1) is 12.8 Å². The molecule has 5 heteroatoms. The predicted octanol–water partition coefficient (Wildman–Crippen LogP) is 3.20. The van der Waals surface area contributed by atoms with Crippen molar-refractivity contribution in [2.24, 2.45) is 5.92 Å². The molecule has 1 aliphatic heterocycles. The van der Waals surface area contributed by atoms with E-state index in [1.807, 2.05) is 11.0 Å². The van der Waals surface area contributed by atoms with E-state index in [4.69, 9.17) is 4.74 Å². The largest absolute Gasteiger partial charge is 0.368 e. The number of benzene rings is 1. The summed E-state index contributed by atoms with van der Waals surface area (Å²) in [5.41, 5.74) is 1.55. The van der Waals surface area contributed by atoms with Crippen LogP contribution in [0.4, 0.5) is 0 Å². The Morgan fingerprint density at radius 2 is 1.89 bits per heavy atom. The summed E-state index contributed by atoms with van der Waals surface area (Å²) in [4.78, 5) is 26.5. The van der Waals surface area contributed by atoms with Crippen molar-refractivity contribution in [3.63, 3.8) is 0 Å². The van der Waals surface area contributed by atoms with Crippen LogP contribution < -0.4 is 5.32 Å². The third-order valence-corrected chi connectivity index (χ3v) is 6.16. The van der Waals surface area contributed by atoms with Crippen LogP contribution in [0.5, 0.6) is 0 Å². The maximum atomic E-state index is 12.7. The molecule has 2 amide bonds. The highest BCUT2D eigenvalue weighted by atomic mass is 16.5. The number of amides is 2. The number of hydrogen-bond acceptors (Lipinski definition) is 3. The van der Waals surface area contributed by atoms with E-state index in [0.717, 1.165) is 31.2 Å². The molecule has 0 atom stereocenters. The minimum Gasteiger partial charge on any atom is -0.368 e. The van der Waals surface area contributed by atoms with Gasteiger partial charge in [0.05, 0.1) is 12.2 Å². The quantitative estimate of drug-likeness (QED) is 0.762. The lowest BCUT2D eigenvalue weighted by atomic mass is 9.80. The summed E-state index contributed by atoms with van der Waals surface area (Å²) in [6, 6.07) is 8.31. The van der Waals surface area contributed by atoms with Gasteiger partial charge in [0.1, 0.15) is 5.54 Å². The van der Waals surface area contributed by atoms with E-state index in [9.17, 15) is 9.59 Å². The Hall–Kier alpha value is -1.88. The van der Waals surface area contributed by atoms with E-state index in [2.05, 4.69) is 44.3 Å². The fourth-order valence-electron chi connectivity index (χ4n) is 4.37. The summed E-state index contributed by atoms with van der Waals surface area (Å²) in [5, 5.41) is 3.15. The molecule has 1 aliphatic carbocycles. The lowest BCUT2D eigenvalue weighted by Crippen LogP contribution is -2.78. The van der Waals surface area contributed by atoms with Crippen molar-refractivity contribution in [1.29, 1.82) is 0 Å². The Balaban J connectivity index is 1.70. The van der Waals surface area contributed by atoms with Gasteiger partial charge in [-0.2, -0.15) is 0 Å². The van der Waals surface area contributed by atoms with E-state index in [0.29, 0.717) is 19.7 Å². The van der Waals surface area contributed by atoms with Gasteiger partial charge >= 0.3 is 0 Å². The third-order valence-electron chi connectivity index (χ3n) is 6.16. The van der Waals surface area contributed by atoms with Crippen LogP contribution in [0.2, 0.25) is 0 Å². The molecule has 1 N–H and O–H groups in total. The number of carbonyl (C=O) groups excluding carboxylic acids is 2. The Morgan fingerprint density at radius 3 is 2.41 bits per heavy atom. The zero-order valence-corrected chi connectivity index (χ0v) is 17.0. The summed E-state index contributed by atoms with van der Waals surface area (Å²) in [7, 11) is 0. The normalized spacial score (nSPS) is 19.5. The first-order valence-corrected chi connectivity index (χ1v) is 10.1. The second kappa shape index (κ2) is 7.63. The fraction of sp³-hybridized carbons (Fsp3) is 0.636. The van der Waals surface area contributed by atoms with Crippen LogP contribution in [0.25, 0.3) is 0 Å². The van der Waals surface area contributed by atoms with Gasteiger partial charge in [0, 0.05) is 25.9 Å². The van der Waals surface area contributed by atoms with Gasteiger partial charge in [0.2, 0.25) is 11.8 Å². The van der Waals surface area contributed by atoms with Crippen LogP contribution in [0.3, 0.4) is 0 Å². The van der Waals surface area contributed by atoms with Crippen molar-refractivity contribution < 1.29 is 14.3 Å². The molecule has 148 valence electrons. The van der Waals surface area contributed by atoms with Gasteiger partial charge in [-0.05, 0) is 38.2 Å². The Morgan fingerprint density at radius 1 is 1.22 bits per heavy atom. The summed E-state index contributed by atoms with van der Waals surface area (Å²) in [6.07, 6.45) is 3.56. The first-order valence-electron chi connectivity index (χ1n) is 10.1. The molecule has 0 aromatic heterocycles. The van der Waals surface area contributed by atoms with E-state index in [1.54, 1.807) is 6.92 Å². The van der Waals surface area contributed by atoms with Crippen LogP contribution in [-0.4, -0.2) is 40.9 Å². The molecule has 1 heterocycles. The molecule has 0 radical (unpaired) electrons. The van der Waals surface area contributed by atoms with Crippen LogP contribution >= 0.6 is 0 Å². The molecule has 2 fully saturated rings. The molecular formula is C22H32N2O3. The maximum Gasteiger partial charge on any atom is 0.225 e. The van der Waals surface area contributed by atoms with E-state index >= 15 is 0 Å². The molecule has 1 aromatic carbocycles. The number of rotatable bonds is 8. The molecule has 5 nitrogen and oxygen atoms in total. The Labute approximate surface area is 162 Å². The van der Waals surface area contributed by atoms with Crippen LogP contribution in [-0.2, 0) is 20.9 Å². The SMILES string of the molecule is CCC(CC)C(=O)N1CC(NC(C)=O)(C2(OCc3cccc(C)c3)CC2)C1. The van der Waals surface area contributed by atoms with Crippen molar-refractivity contribution in [3.05, 3.63) is 35.4 Å². The number of likely N-dealkylation sites (tertiary alicyclic amines) is 1. The van der Waals surface area contributed by atoms with Crippen molar-refractivity contribution in [1.82, 2.24) is 10.2 Å². The van der Waals surface area contributed by atoms with Gasteiger partial charge in [-0.25, -0.2) is 0 Å². The minimum absolute atomic E-state index is 0.0601. The van der Waals surface area contributed by atoms with Gasteiger partial charge < -0.3 is 15.0 Å². The maximum absolute atomic E-state index is 12.7. The summed E-state index contributed by atoms with van der Waals surface area (Å²) < 4.78 is 6.38. The van der Waals surface area contributed by atoms with Crippen molar-refractivity contribution >= 4 is 11.8 Å². The topological polar surface area (TPSA) is 58.6 Å². The van der Waals surface area contributed by atoms with E-state index < -0.39 is 5.54 Å². The van der Waals surface area contributed by atoms with Gasteiger partial charge in [-0.15, -0.1) is 0 Å². The molecule has 1 saturated carbocycles. The third kappa shape index (κ3) is 3.88. The Kier molecular flexibility index (Phi) is 5.61. The highest BCUT2D eigenvalue weighted by Crippen LogP contribution is 2.52. The average Bonchev–Trinajstić information content (AvgIpc) is 3.38. The van der Waals surface area contributed by atoms with Gasteiger partial charge in [-0.1, -0.05) is 43.7 Å². The number of ether oxygens (including phenoxy) is 1. The standard InChI is InChI=1S/C22H32N2O3/c1-5-19(6-2)20(26)24-14-21(15-24,23-17(4)25)22(10-11-22)27-13-18-9-7-8-16(3)12-18/h7-9,12,19H,5-6,10-11,13-15H2,1-4H3,(H,23,25). The molecule has 0 bridgehead atoms. The average molecular weight is 373 g/mol. The fourth-order valence-corrected chi connectivity index (χ4v) is 4.37. The number of aryl methyl sites for hydroxylation is 1. The number of carbonyl (C=O) groups is 2. The van der Waals surface area contributed by atoms with Crippen molar-refractivity contribution in [3.8, 4) is 0 Å². The molecular weight excluding hydrogens is 340 g/mol. The van der Waals surface area contributed by atoms with E-state index in [-0.39, 0.29) is 23.3 Å². The molecule has 1 aromatic rings.